The van der Waals surface area contributed by atoms with E-state index in [-0.39, 0.29) is 5.56 Å². The number of carbonyl (C=O) groups is 1. The zero-order chi connectivity index (χ0) is 27.6. The summed E-state index contributed by atoms with van der Waals surface area (Å²) in [5.41, 5.74) is 4.11. The summed E-state index contributed by atoms with van der Waals surface area (Å²) < 4.78 is 16.8. The van der Waals surface area contributed by atoms with E-state index in [4.69, 9.17) is 4.98 Å². The molecule has 0 saturated carbocycles. The minimum Gasteiger partial charge on any atom is -0.352 e. The molecule has 5 rings (SSSR count). The van der Waals surface area contributed by atoms with Crippen molar-refractivity contribution in [2.45, 2.75) is 32.2 Å². The third kappa shape index (κ3) is 5.78. The van der Waals surface area contributed by atoms with Crippen LogP contribution in [0.4, 0.5) is 4.39 Å². The Hall–Kier alpha value is -4.24. The molecule has 5 aromatic rings. The van der Waals surface area contributed by atoms with Crippen LogP contribution in [0.2, 0.25) is 0 Å². The molecule has 0 spiro atoms. The van der Waals surface area contributed by atoms with Gasteiger partial charge in [0.1, 0.15) is 11.3 Å². The molecule has 0 aliphatic carbocycles. The first-order valence-electron chi connectivity index (χ1n) is 13.0. The third-order valence-electron chi connectivity index (χ3n) is 6.75. The molecule has 0 aliphatic heterocycles. The molecule has 0 fully saturated rings. The minimum absolute atomic E-state index is 0.0168. The molecule has 1 amide bonds. The highest BCUT2D eigenvalue weighted by molar-refractivity contribution is 5.95. The minimum atomic E-state index is -0.586. The quantitative estimate of drug-likeness (QED) is 0.277. The Labute approximate surface area is 226 Å². The van der Waals surface area contributed by atoms with E-state index in [1.165, 1.54) is 12.1 Å². The largest absolute Gasteiger partial charge is 0.352 e. The second-order valence-electron chi connectivity index (χ2n) is 10.7. The lowest BCUT2D eigenvalue weighted by Gasteiger charge is -2.25. The van der Waals surface area contributed by atoms with E-state index in [0.29, 0.717) is 35.4 Å². The Balaban J connectivity index is 1.38. The zero-order valence-corrected chi connectivity index (χ0v) is 22.6. The second kappa shape index (κ2) is 10.9. The van der Waals surface area contributed by atoms with Crippen LogP contribution in [-0.2, 0) is 12.0 Å². The Morgan fingerprint density at radius 2 is 1.87 bits per heavy atom. The topological polar surface area (TPSA) is 88.8 Å². The maximum Gasteiger partial charge on any atom is 0.254 e. The fourth-order valence-corrected chi connectivity index (χ4v) is 4.74. The number of halogens is 1. The normalized spacial score (nSPS) is 11.9. The standard InChI is InChI=1S/C30H32FN7O/c1-30(2,19-20-8-11-25-21(17-20)7-5-14-32-25)38-28-27(35-36-38)13-12-26(34-28)22-9-10-23(24(31)18-22)29(39)33-15-6-16-37(3)4/h5,7-14,17-18H,6,15-16,19H2,1-4H3,(H,33,39). The molecule has 9 heteroatoms. The SMILES string of the molecule is CN(C)CCCNC(=O)c1ccc(-c2ccc3nnn(C(C)(C)Cc4ccc5ncccc5c4)c3n2)cc1F. The van der Waals surface area contributed by atoms with E-state index in [2.05, 4.69) is 52.7 Å². The average Bonchev–Trinajstić information content (AvgIpc) is 3.35. The summed E-state index contributed by atoms with van der Waals surface area (Å²) in [6.07, 6.45) is 3.28. The van der Waals surface area contributed by atoms with Gasteiger partial charge < -0.3 is 10.2 Å². The maximum atomic E-state index is 15.0. The molecular weight excluding hydrogens is 493 g/mol. The number of aromatic nitrogens is 5. The highest BCUT2D eigenvalue weighted by atomic mass is 19.1. The predicted octanol–water partition coefficient (Wildman–Crippen LogP) is 4.84. The molecule has 0 unspecified atom stereocenters. The number of rotatable bonds is 9. The highest BCUT2D eigenvalue weighted by Gasteiger charge is 2.26. The highest BCUT2D eigenvalue weighted by Crippen LogP contribution is 2.28. The lowest BCUT2D eigenvalue weighted by Crippen LogP contribution is -2.30. The van der Waals surface area contributed by atoms with Crippen LogP contribution in [0.25, 0.3) is 33.3 Å². The van der Waals surface area contributed by atoms with Crippen molar-refractivity contribution in [2.24, 2.45) is 0 Å². The van der Waals surface area contributed by atoms with Crippen LogP contribution in [0.15, 0.2) is 66.9 Å². The number of amides is 1. The van der Waals surface area contributed by atoms with E-state index in [1.54, 1.807) is 18.3 Å². The van der Waals surface area contributed by atoms with Crippen molar-refractivity contribution in [3.8, 4) is 11.3 Å². The predicted molar refractivity (Wildman–Crippen MR) is 151 cm³/mol. The molecule has 3 heterocycles. The Morgan fingerprint density at radius 1 is 1.05 bits per heavy atom. The van der Waals surface area contributed by atoms with Crippen molar-refractivity contribution in [3.05, 3.63) is 83.8 Å². The number of nitrogens with zero attached hydrogens (tertiary/aromatic N) is 6. The van der Waals surface area contributed by atoms with Gasteiger partial charge in [-0.2, -0.15) is 0 Å². The summed E-state index contributed by atoms with van der Waals surface area (Å²) in [6.45, 7) is 5.51. The van der Waals surface area contributed by atoms with Gasteiger partial charge in [0.15, 0.2) is 5.65 Å². The lowest BCUT2D eigenvalue weighted by atomic mass is 9.94. The van der Waals surface area contributed by atoms with E-state index >= 15 is 0 Å². The summed E-state index contributed by atoms with van der Waals surface area (Å²) in [6, 6.07) is 18.4. The van der Waals surface area contributed by atoms with E-state index in [0.717, 1.165) is 29.4 Å². The van der Waals surface area contributed by atoms with Crippen LogP contribution in [0.3, 0.4) is 0 Å². The van der Waals surface area contributed by atoms with Crippen LogP contribution in [0.5, 0.6) is 0 Å². The second-order valence-corrected chi connectivity index (χ2v) is 10.7. The van der Waals surface area contributed by atoms with Gasteiger partial charge in [0.25, 0.3) is 5.91 Å². The maximum absolute atomic E-state index is 15.0. The van der Waals surface area contributed by atoms with Crippen LogP contribution < -0.4 is 5.32 Å². The number of pyridine rings is 2. The van der Waals surface area contributed by atoms with Crippen LogP contribution in [0.1, 0.15) is 36.2 Å². The molecule has 0 atom stereocenters. The van der Waals surface area contributed by atoms with Gasteiger partial charge in [0, 0.05) is 23.7 Å². The van der Waals surface area contributed by atoms with Gasteiger partial charge in [0.2, 0.25) is 0 Å². The monoisotopic (exact) mass is 525 g/mol. The zero-order valence-electron chi connectivity index (χ0n) is 22.6. The van der Waals surface area contributed by atoms with Gasteiger partial charge >= 0.3 is 0 Å². The Kier molecular flexibility index (Phi) is 7.34. The van der Waals surface area contributed by atoms with Gasteiger partial charge in [-0.1, -0.05) is 23.4 Å². The summed E-state index contributed by atoms with van der Waals surface area (Å²) in [5.74, 6) is -1.01. The molecule has 0 radical (unpaired) electrons. The molecule has 3 aromatic heterocycles. The van der Waals surface area contributed by atoms with E-state index in [1.807, 2.05) is 41.9 Å². The van der Waals surface area contributed by atoms with Gasteiger partial charge in [-0.15, -0.1) is 5.10 Å². The van der Waals surface area contributed by atoms with E-state index in [9.17, 15) is 9.18 Å². The van der Waals surface area contributed by atoms with Crippen molar-refractivity contribution in [3.63, 3.8) is 0 Å². The van der Waals surface area contributed by atoms with E-state index < -0.39 is 17.3 Å². The van der Waals surface area contributed by atoms with Crippen LogP contribution in [-0.4, -0.2) is 63.0 Å². The lowest BCUT2D eigenvalue weighted by molar-refractivity contribution is 0.0948. The summed E-state index contributed by atoms with van der Waals surface area (Å²) in [5, 5.41) is 12.6. The number of hydrogen-bond acceptors (Lipinski definition) is 6. The molecule has 2 aromatic carbocycles. The van der Waals surface area contributed by atoms with Crippen LogP contribution in [0, 0.1) is 5.82 Å². The molecule has 39 heavy (non-hydrogen) atoms. The number of carbonyl (C=O) groups excluding carboxylic acids is 1. The number of hydrogen-bond donors (Lipinski definition) is 1. The Bertz CT molecular complexity index is 1640. The average molecular weight is 526 g/mol. The van der Waals surface area contributed by atoms with Gasteiger partial charge in [-0.25, -0.2) is 14.1 Å². The number of benzene rings is 2. The van der Waals surface area contributed by atoms with Crippen molar-refractivity contribution in [2.75, 3.05) is 27.2 Å². The summed E-state index contributed by atoms with van der Waals surface area (Å²) >= 11 is 0. The first-order chi connectivity index (χ1) is 18.7. The number of fused-ring (bicyclic) bond motifs is 2. The molecule has 0 bridgehead atoms. The van der Waals surface area contributed by atoms with Gasteiger partial charge in [-0.3, -0.25) is 9.78 Å². The van der Waals surface area contributed by atoms with Gasteiger partial charge in [0.05, 0.1) is 22.3 Å². The summed E-state index contributed by atoms with van der Waals surface area (Å²) in [4.78, 5) is 23.7. The van der Waals surface area contributed by atoms with Crippen molar-refractivity contribution >= 4 is 28.0 Å². The fourth-order valence-electron chi connectivity index (χ4n) is 4.74. The third-order valence-corrected chi connectivity index (χ3v) is 6.75. The molecule has 8 nitrogen and oxygen atoms in total. The van der Waals surface area contributed by atoms with Crippen molar-refractivity contribution in [1.29, 1.82) is 0 Å². The Morgan fingerprint density at radius 3 is 2.67 bits per heavy atom. The molecule has 1 N–H and O–H groups in total. The van der Waals surface area contributed by atoms with Crippen molar-refractivity contribution in [1.82, 2.24) is 35.2 Å². The molecule has 0 saturated heterocycles. The van der Waals surface area contributed by atoms with Crippen LogP contribution >= 0.6 is 0 Å². The smallest absolute Gasteiger partial charge is 0.254 e. The fraction of sp³-hybridized carbons (Fsp3) is 0.300. The van der Waals surface area contributed by atoms with Crippen molar-refractivity contribution < 1.29 is 9.18 Å². The molecule has 200 valence electrons. The summed E-state index contributed by atoms with van der Waals surface area (Å²) in [7, 11) is 3.94. The molecular formula is C30H32FN7O. The molecule has 0 aliphatic rings. The first-order valence-corrected chi connectivity index (χ1v) is 13.0. The van der Waals surface area contributed by atoms with Gasteiger partial charge in [-0.05, 0) is 95.4 Å². The first kappa shape index (κ1) is 26.4. The number of nitrogens with one attached hydrogen (secondary N) is 1.